The molecule has 1 heterocycles. The van der Waals surface area contributed by atoms with Crippen LogP contribution >= 0.6 is 34.4 Å². The van der Waals surface area contributed by atoms with Gasteiger partial charge in [0.2, 0.25) is 0 Å². The van der Waals surface area contributed by atoms with E-state index in [9.17, 15) is 13.2 Å². The number of carbonyl (C=O) groups is 1. The van der Waals surface area contributed by atoms with Gasteiger partial charge < -0.3 is 14.2 Å². The minimum absolute atomic E-state index is 0.0464. The molecule has 7 nitrogen and oxygen atoms in total. The summed E-state index contributed by atoms with van der Waals surface area (Å²) in [7, 11) is -4.04. The average Bonchev–Trinajstić information content (AvgIpc) is 2.95. The monoisotopic (exact) mass is 544 g/mol. The molecule has 0 aliphatic carbocycles. The number of rotatable bonds is 6. The summed E-state index contributed by atoms with van der Waals surface area (Å²) in [6, 6.07) is 9.66. The zero-order chi connectivity index (χ0) is 21.2. The Morgan fingerprint density at radius 1 is 1.24 bits per heavy atom. The van der Waals surface area contributed by atoms with Crippen LogP contribution in [0.4, 0.5) is 0 Å². The first-order valence-corrected chi connectivity index (χ1v) is 11.8. The van der Waals surface area contributed by atoms with E-state index in [0.29, 0.717) is 20.6 Å². The zero-order valence-electron chi connectivity index (χ0n) is 15.5. The Morgan fingerprint density at radius 2 is 1.93 bits per heavy atom. The Kier molecular flexibility index (Phi) is 6.54. The highest BCUT2D eigenvalue weighted by atomic mass is 127. The van der Waals surface area contributed by atoms with Crippen LogP contribution in [0.2, 0.25) is 0 Å². The van der Waals surface area contributed by atoms with Crippen molar-refractivity contribution in [3.05, 3.63) is 56.0 Å². The molecule has 3 rings (SSSR count). The van der Waals surface area contributed by atoms with Crippen LogP contribution in [0.25, 0.3) is 6.08 Å². The Labute approximate surface area is 186 Å². The first-order chi connectivity index (χ1) is 13.7. The van der Waals surface area contributed by atoms with Gasteiger partial charge in [-0.05, 0) is 84.1 Å². The third-order valence-electron chi connectivity index (χ3n) is 3.80. The minimum atomic E-state index is -4.04. The Hall–Kier alpha value is -2.05. The van der Waals surface area contributed by atoms with Gasteiger partial charge >= 0.3 is 10.1 Å². The number of thioether (sulfide) groups is 1. The fourth-order valence-corrected chi connectivity index (χ4v) is 5.02. The molecule has 0 bridgehead atoms. The van der Waals surface area contributed by atoms with Crippen LogP contribution in [-0.4, -0.2) is 26.1 Å². The predicted molar refractivity (Wildman–Crippen MR) is 121 cm³/mol. The molecular weight excluding hydrogens is 527 g/mol. The molecule has 1 fully saturated rings. The molecule has 0 radical (unpaired) electrons. The predicted octanol–water partition coefficient (Wildman–Crippen LogP) is 3.90. The Bertz CT molecular complexity index is 1110. The van der Waals surface area contributed by atoms with Crippen LogP contribution in [0.3, 0.4) is 0 Å². The number of hydrogen-bond acceptors (Lipinski definition) is 7. The van der Waals surface area contributed by atoms with Crippen molar-refractivity contribution in [3.8, 4) is 11.5 Å². The molecule has 29 heavy (non-hydrogen) atoms. The Balaban J connectivity index is 1.99. The van der Waals surface area contributed by atoms with Gasteiger partial charge in [0.1, 0.15) is 4.90 Å². The van der Waals surface area contributed by atoms with E-state index in [1.807, 2.05) is 29.5 Å². The highest BCUT2D eigenvalue weighted by Crippen LogP contribution is 2.37. The molecular formula is C19H17IN2O5S2. The van der Waals surface area contributed by atoms with Crippen molar-refractivity contribution in [2.24, 2.45) is 0 Å². The summed E-state index contributed by atoms with van der Waals surface area (Å²) in [6.45, 7) is 3.94. The van der Waals surface area contributed by atoms with Crippen molar-refractivity contribution in [1.82, 2.24) is 5.32 Å². The molecule has 2 aromatic carbocycles. The van der Waals surface area contributed by atoms with Crippen molar-refractivity contribution in [2.75, 3.05) is 6.61 Å². The van der Waals surface area contributed by atoms with E-state index in [-0.39, 0.29) is 27.5 Å². The van der Waals surface area contributed by atoms with Gasteiger partial charge in [-0.15, -0.1) is 0 Å². The SMILES string of the molecule is CCOc1cc(C=C2SC(=N)NC2=O)cc(I)c1OS(=O)(=O)c1ccc(C)cc1. The minimum Gasteiger partial charge on any atom is -0.490 e. The van der Waals surface area contributed by atoms with Gasteiger partial charge in [-0.3, -0.25) is 10.2 Å². The number of hydrogen-bond donors (Lipinski definition) is 2. The van der Waals surface area contributed by atoms with Crippen LogP contribution in [-0.2, 0) is 14.9 Å². The molecule has 1 aliphatic heterocycles. The maximum absolute atomic E-state index is 12.7. The number of amidine groups is 1. The van der Waals surface area contributed by atoms with Crippen molar-refractivity contribution >= 4 is 61.6 Å². The van der Waals surface area contributed by atoms with Gasteiger partial charge in [0.15, 0.2) is 16.7 Å². The summed E-state index contributed by atoms with van der Waals surface area (Å²) in [6.07, 6.45) is 1.62. The van der Waals surface area contributed by atoms with Crippen molar-refractivity contribution < 1.29 is 22.1 Å². The van der Waals surface area contributed by atoms with Crippen molar-refractivity contribution in [1.29, 1.82) is 5.41 Å². The zero-order valence-corrected chi connectivity index (χ0v) is 19.3. The van der Waals surface area contributed by atoms with E-state index in [4.69, 9.17) is 14.3 Å². The summed E-state index contributed by atoms with van der Waals surface area (Å²) >= 11 is 2.98. The first kappa shape index (κ1) is 21.7. The van der Waals surface area contributed by atoms with Crippen molar-refractivity contribution in [3.63, 3.8) is 0 Å². The topological polar surface area (TPSA) is 106 Å². The summed E-state index contributed by atoms with van der Waals surface area (Å²) in [5.74, 6) is -0.0119. The fraction of sp³-hybridized carbons (Fsp3) is 0.158. The smallest absolute Gasteiger partial charge is 0.339 e. The average molecular weight is 544 g/mol. The van der Waals surface area contributed by atoms with Gasteiger partial charge in [0, 0.05) is 0 Å². The summed E-state index contributed by atoms with van der Waals surface area (Å²) < 4.78 is 36.9. The number of carbonyl (C=O) groups excluding carboxylic acids is 1. The van der Waals surface area contributed by atoms with E-state index in [2.05, 4.69) is 5.32 Å². The lowest BCUT2D eigenvalue weighted by atomic mass is 10.2. The van der Waals surface area contributed by atoms with Crippen LogP contribution in [0.15, 0.2) is 46.2 Å². The maximum atomic E-state index is 12.7. The molecule has 152 valence electrons. The molecule has 0 aromatic heterocycles. The van der Waals surface area contributed by atoms with E-state index in [1.165, 1.54) is 12.1 Å². The number of ether oxygens (including phenoxy) is 1. The molecule has 1 saturated heterocycles. The fourth-order valence-electron chi connectivity index (χ4n) is 2.47. The molecule has 0 spiro atoms. The highest BCUT2D eigenvalue weighted by Gasteiger charge is 2.24. The molecule has 1 aliphatic rings. The number of benzene rings is 2. The van der Waals surface area contributed by atoms with E-state index in [1.54, 1.807) is 37.3 Å². The van der Waals surface area contributed by atoms with Crippen LogP contribution in [0.1, 0.15) is 18.1 Å². The second-order valence-corrected chi connectivity index (χ2v) is 9.77. The van der Waals surface area contributed by atoms with Gasteiger partial charge in [0.05, 0.1) is 15.1 Å². The first-order valence-electron chi connectivity index (χ1n) is 8.46. The van der Waals surface area contributed by atoms with Crippen LogP contribution in [0.5, 0.6) is 11.5 Å². The quantitative estimate of drug-likeness (QED) is 0.325. The Morgan fingerprint density at radius 3 is 2.52 bits per heavy atom. The number of amides is 1. The largest absolute Gasteiger partial charge is 0.490 e. The maximum Gasteiger partial charge on any atom is 0.339 e. The van der Waals surface area contributed by atoms with E-state index < -0.39 is 10.1 Å². The van der Waals surface area contributed by atoms with Crippen LogP contribution < -0.4 is 14.2 Å². The molecule has 0 saturated carbocycles. The van der Waals surface area contributed by atoms with Gasteiger partial charge in [0.25, 0.3) is 5.91 Å². The van der Waals surface area contributed by atoms with Crippen molar-refractivity contribution in [2.45, 2.75) is 18.7 Å². The number of halogens is 1. The number of aryl methyl sites for hydroxylation is 1. The standard InChI is InChI=1S/C19H17IN2O5S2/c1-3-26-15-9-12(10-16-18(23)22-19(21)28-16)8-14(20)17(15)27-29(24,25)13-6-4-11(2)5-7-13/h4-10H,3H2,1-2H3,(H2,21,22,23). The lowest BCUT2D eigenvalue weighted by Gasteiger charge is -2.14. The molecule has 0 unspecified atom stereocenters. The molecule has 2 aromatic rings. The second kappa shape index (κ2) is 8.76. The molecule has 0 atom stereocenters. The van der Waals surface area contributed by atoms with Gasteiger partial charge in [-0.1, -0.05) is 17.7 Å². The van der Waals surface area contributed by atoms with Gasteiger partial charge in [-0.25, -0.2) is 0 Å². The lowest BCUT2D eigenvalue weighted by Crippen LogP contribution is -2.18. The van der Waals surface area contributed by atoms with Crippen LogP contribution in [0, 0.1) is 15.9 Å². The summed E-state index contributed by atoms with van der Waals surface area (Å²) in [5, 5.41) is 10.00. The van der Waals surface area contributed by atoms with E-state index >= 15 is 0 Å². The third-order valence-corrected chi connectivity index (χ3v) is 6.66. The summed E-state index contributed by atoms with van der Waals surface area (Å²) in [5.41, 5.74) is 1.57. The van der Waals surface area contributed by atoms with E-state index in [0.717, 1.165) is 17.3 Å². The molecule has 1 amide bonds. The highest BCUT2D eigenvalue weighted by molar-refractivity contribution is 14.1. The number of nitrogens with one attached hydrogen (secondary N) is 2. The summed E-state index contributed by atoms with van der Waals surface area (Å²) in [4.78, 5) is 12.3. The molecule has 2 N–H and O–H groups in total. The molecule has 10 heteroatoms. The normalized spacial score (nSPS) is 15.5. The second-order valence-electron chi connectivity index (χ2n) is 6.01. The third kappa shape index (κ3) is 5.11. The lowest BCUT2D eigenvalue weighted by molar-refractivity contribution is -0.115. The van der Waals surface area contributed by atoms with Gasteiger partial charge in [-0.2, -0.15) is 8.42 Å².